The van der Waals surface area contributed by atoms with E-state index in [1.165, 1.54) is 28.3 Å². The van der Waals surface area contributed by atoms with Gasteiger partial charge in [-0.3, -0.25) is 9.10 Å². The minimum absolute atomic E-state index is 0.226. The van der Waals surface area contributed by atoms with Crippen LogP contribution in [0.25, 0.3) is 0 Å². The zero-order chi connectivity index (χ0) is 22.8. The van der Waals surface area contributed by atoms with Crippen LogP contribution >= 0.6 is 11.6 Å². The predicted octanol–water partition coefficient (Wildman–Crippen LogP) is 4.95. The summed E-state index contributed by atoms with van der Waals surface area (Å²) in [5.41, 5.74) is 4.94. The van der Waals surface area contributed by atoms with Gasteiger partial charge in [0.15, 0.2) is 0 Å². The number of nitrogens with zero attached hydrogens (tertiary/aromatic N) is 1. The van der Waals surface area contributed by atoms with Crippen molar-refractivity contribution in [3.05, 3.63) is 63.7 Å². The summed E-state index contributed by atoms with van der Waals surface area (Å²) in [6.07, 6.45) is 6.05. The number of aryl methyl sites for hydroxylation is 3. The number of hydrogen-bond donors (Lipinski definition) is 1. The van der Waals surface area contributed by atoms with Gasteiger partial charge in [-0.15, -0.1) is 0 Å². The Bertz CT molecular complexity index is 1070. The molecule has 0 heterocycles. The Labute approximate surface area is 190 Å². The van der Waals surface area contributed by atoms with Crippen molar-refractivity contribution in [3.8, 4) is 0 Å². The van der Waals surface area contributed by atoms with Crippen molar-refractivity contribution >= 4 is 33.2 Å². The number of nitrogens with one attached hydrogen (secondary N) is 1. The van der Waals surface area contributed by atoms with Gasteiger partial charge < -0.3 is 5.32 Å². The molecule has 0 fully saturated rings. The lowest BCUT2D eigenvalue weighted by Gasteiger charge is -2.32. The summed E-state index contributed by atoms with van der Waals surface area (Å²) in [5, 5.41) is 3.46. The first-order valence-electron chi connectivity index (χ1n) is 10.8. The summed E-state index contributed by atoms with van der Waals surface area (Å²) in [6, 6.07) is 10.4. The second-order valence-electron chi connectivity index (χ2n) is 8.38. The molecule has 0 spiro atoms. The number of carbonyl (C=O) groups is 1. The lowest BCUT2D eigenvalue weighted by Crippen LogP contribution is -2.50. The molecule has 0 radical (unpaired) electrons. The van der Waals surface area contributed by atoms with E-state index in [0.717, 1.165) is 30.2 Å². The zero-order valence-electron chi connectivity index (χ0n) is 18.6. The van der Waals surface area contributed by atoms with E-state index in [0.29, 0.717) is 17.1 Å². The molecule has 0 saturated carbocycles. The van der Waals surface area contributed by atoms with Gasteiger partial charge in [-0.25, -0.2) is 8.42 Å². The fraction of sp³-hybridized carbons (Fsp3) is 0.458. The maximum absolute atomic E-state index is 13.3. The van der Waals surface area contributed by atoms with Crippen LogP contribution < -0.4 is 9.62 Å². The Morgan fingerprint density at radius 3 is 2.45 bits per heavy atom. The second-order valence-corrected chi connectivity index (χ2v) is 10.7. The number of amides is 1. The van der Waals surface area contributed by atoms with Crippen LogP contribution in [-0.2, 0) is 27.7 Å². The van der Waals surface area contributed by atoms with Crippen LogP contribution in [0.3, 0.4) is 0 Å². The molecular formula is C24H31ClN2O3S. The van der Waals surface area contributed by atoms with E-state index >= 15 is 0 Å². The highest BCUT2D eigenvalue weighted by Gasteiger charge is 2.33. The van der Waals surface area contributed by atoms with Gasteiger partial charge in [-0.1, -0.05) is 42.8 Å². The zero-order valence-corrected chi connectivity index (χ0v) is 20.2. The number of benzene rings is 2. The van der Waals surface area contributed by atoms with Gasteiger partial charge >= 0.3 is 0 Å². The Kier molecular flexibility index (Phi) is 7.32. The first-order valence-corrected chi connectivity index (χ1v) is 13.0. The average Bonchev–Trinajstić information content (AvgIpc) is 2.72. The fourth-order valence-electron chi connectivity index (χ4n) is 4.27. The van der Waals surface area contributed by atoms with Gasteiger partial charge in [0, 0.05) is 5.02 Å². The van der Waals surface area contributed by atoms with Crippen molar-refractivity contribution in [2.75, 3.05) is 10.6 Å². The number of hydrogen-bond acceptors (Lipinski definition) is 3. The van der Waals surface area contributed by atoms with Crippen LogP contribution in [0.2, 0.25) is 5.02 Å². The minimum atomic E-state index is -3.71. The average molecular weight is 463 g/mol. The van der Waals surface area contributed by atoms with Crippen LogP contribution in [0.4, 0.5) is 5.69 Å². The van der Waals surface area contributed by atoms with Gasteiger partial charge in [0.05, 0.1) is 18.0 Å². The Morgan fingerprint density at radius 2 is 1.81 bits per heavy atom. The van der Waals surface area contributed by atoms with Crippen molar-refractivity contribution in [2.45, 2.75) is 65.0 Å². The molecule has 2 aromatic carbocycles. The van der Waals surface area contributed by atoms with Crippen LogP contribution in [0, 0.1) is 6.92 Å². The molecule has 168 valence electrons. The first-order chi connectivity index (χ1) is 14.6. The molecule has 2 aromatic rings. The normalized spacial score (nSPS) is 15.6. The molecule has 1 N–H and O–H groups in total. The number of anilines is 1. The molecule has 3 rings (SSSR count). The molecule has 0 bridgehead atoms. The summed E-state index contributed by atoms with van der Waals surface area (Å²) >= 11 is 6.14. The van der Waals surface area contributed by atoms with Gasteiger partial charge in [0.2, 0.25) is 15.9 Å². The molecule has 1 amide bonds. The summed E-state index contributed by atoms with van der Waals surface area (Å²) < 4.78 is 26.6. The van der Waals surface area contributed by atoms with E-state index in [2.05, 4.69) is 23.5 Å². The summed E-state index contributed by atoms with van der Waals surface area (Å²) in [6.45, 7) is 5.56. The highest BCUT2D eigenvalue weighted by Crippen LogP contribution is 2.30. The van der Waals surface area contributed by atoms with Crippen molar-refractivity contribution < 1.29 is 13.2 Å². The van der Waals surface area contributed by atoms with Crippen molar-refractivity contribution in [1.29, 1.82) is 0 Å². The molecule has 2 unspecified atom stereocenters. The van der Waals surface area contributed by atoms with Crippen LogP contribution in [0.1, 0.15) is 61.4 Å². The molecule has 1 aliphatic carbocycles. The van der Waals surface area contributed by atoms with Gasteiger partial charge in [0.1, 0.15) is 6.04 Å². The standard InChI is InChI=1S/C24H31ClN2O3S/c1-5-22(27(31(4,29)30)23-15-21(25)13-10-16(23)2)24(28)26-17(3)19-12-11-18-8-6-7-9-20(18)14-19/h10-15,17,22H,5-9H2,1-4H3,(H,26,28). The predicted molar refractivity (Wildman–Crippen MR) is 127 cm³/mol. The number of rotatable bonds is 7. The molecule has 5 nitrogen and oxygen atoms in total. The molecular weight excluding hydrogens is 432 g/mol. The van der Waals surface area contributed by atoms with Crippen LogP contribution in [0.5, 0.6) is 0 Å². The van der Waals surface area contributed by atoms with Crippen molar-refractivity contribution in [2.24, 2.45) is 0 Å². The monoisotopic (exact) mass is 462 g/mol. The lowest BCUT2D eigenvalue weighted by atomic mass is 9.89. The van der Waals surface area contributed by atoms with Crippen LogP contribution in [0.15, 0.2) is 36.4 Å². The van der Waals surface area contributed by atoms with Crippen LogP contribution in [-0.4, -0.2) is 26.6 Å². The number of carbonyl (C=O) groups excluding carboxylic acids is 1. The Balaban J connectivity index is 1.87. The van der Waals surface area contributed by atoms with Gasteiger partial charge in [-0.2, -0.15) is 0 Å². The van der Waals surface area contributed by atoms with Crippen molar-refractivity contribution in [1.82, 2.24) is 5.32 Å². The summed E-state index contributed by atoms with van der Waals surface area (Å²) in [7, 11) is -3.71. The Morgan fingerprint density at radius 1 is 1.13 bits per heavy atom. The number of halogens is 1. The molecule has 31 heavy (non-hydrogen) atoms. The van der Waals surface area contributed by atoms with Crippen molar-refractivity contribution in [3.63, 3.8) is 0 Å². The molecule has 0 saturated heterocycles. The van der Waals surface area contributed by atoms with E-state index in [1.54, 1.807) is 18.2 Å². The third-order valence-corrected chi connectivity index (χ3v) is 7.37. The van der Waals surface area contributed by atoms with E-state index in [9.17, 15) is 13.2 Å². The third-order valence-electron chi connectivity index (χ3n) is 5.97. The summed E-state index contributed by atoms with van der Waals surface area (Å²) in [4.78, 5) is 13.3. The lowest BCUT2D eigenvalue weighted by molar-refractivity contribution is -0.122. The van der Waals surface area contributed by atoms with E-state index in [-0.39, 0.29) is 11.9 Å². The van der Waals surface area contributed by atoms with E-state index in [4.69, 9.17) is 11.6 Å². The maximum atomic E-state index is 13.3. The largest absolute Gasteiger partial charge is 0.348 e. The van der Waals surface area contributed by atoms with E-state index < -0.39 is 16.1 Å². The second kappa shape index (κ2) is 9.61. The molecule has 0 aromatic heterocycles. The minimum Gasteiger partial charge on any atom is -0.348 e. The molecule has 7 heteroatoms. The van der Waals surface area contributed by atoms with E-state index in [1.807, 2.05) is 20.8 Å². The first kappa shape index (κ1) is 23.6. The SMILES string of the molecule is CCC(C(=O)NC(C)c1ccc2c(c1)CCCC2)N(c1cc(Cl)ccc1C)S(C)(=O)=O. The maximum Gasteiger partial charge on any atom is 0.244 e. The topological polar surface area (TPSA) is 66.5 Å². The summed E-state index contributed by atoms with van der Waals surface area (Å²) in [5.74, 6) is -0.322. The molecule has 1 aliphatic rings. The highest BCUT2D eigenvalue weighted by atomic mass is 35.5. The van der Waals surface area contributed by atoms with Gasteiger partial charge in [0.25, 0.3) is 0 Å². The number of sulfonamides is 1. The molecule has 0 aliphatic heterocycles. The smallest absolute Gasteiger partial charge is 0.244 e. The Hall–Kier alpha value is -2.05. The third kappa shape index (κ3) is 5.42. The molecule has 2 atom stereocenters. The highest BCUT2D eigenvalue weighted by molar-refractivity contribution is 7.92. The van der Waals surface area contributed by atoms with Gasteiger partial charge in [-0.05, 0) is 80.3 Å². The quantitative estimate of drug-likeness (QED) is 0.633. The number of fused-ring (bicyclic) bond motifs is 1. The fourth-order valence-corrected chi connectivity index (χ4v) is 5.70.